The van der Waals surface area contributed by atoms with Gasteiger partial charge in [-0.2, -0.15) is 0 Å². The molecule has 2 unspecified atom stereocenters. The van der Waals surface area contributed by atoms with Gasteiger partial charge >= 0.3 is 0 Å². The second kappa shape index (κ2) is 5.98. The number of amides is 2. The van der Waals surface area contributed by atoms with Crippen molar-refractivity contribution in [1.82, 2.24) is 10.2 Å². The number of carbonyl (C=O) groups excluding carboxylic acids is 2. The number of carbonyl (C=O) groups is 2. The van der Waals surface area contributed by atoms with Crippen molar-refractivity contribution in [2.75, 3.05) is 6.54 Å². The van der Waals surface area contributed by atoms with E-state index in [1.165, 1.54) is 19.3 Å². The quantitative estimate of drug-likeness (QED) is 0.850. The molecule has 2 saturated carbocycles. The molecule has 1 heterocycles. The molecule has 3 aliphatic rings. The average Bonchev–Trinajstić information content (AvgIpc) is 2.92. The van der Waals surface area contributed by atoms with E-state index in [2.05, 4.69) is 17.1 Å². The van der Waals surface area contributed by atoms with Crippen LogP contribution in [0.1, 0.15) is 71.1 Å². The highest BCUT2D eigenvalue weighted by Gasteiger charge is 2.48. The van der Waals surface area contributed by atoms with Crippen molar-refractivity contribution in [2.24, 2.45) is 5.92 Å². The molecule has 1 aliphatic heterocycles. The summed E-state index contributed by atoms with van der Waals surface area (Å²) in [6.07, 6.45) is 10.2. The molecular weight excluding hydrogens is 264 g/mol. The first kappa shape index (κ1) is 14.9. The van der Waals surface area contributed by atoms with E-state index in [0.29, 0.717) is 19.0 Å². The van der Waals surface area contributed by atoms with Crippen LogP contribution in [0.5, 0.6) is 0 Å². The molecule has 4 nitrogen and oxygen atoms in total. The van der Waals surface area contributed by atoms with Gasteiger partial charge in [0.25, 0.3) is 0 Å². The van der Waals surface area contributed by atoms with Crippen LogP contribution < -0.4 is 5.32 Å². The summed E-state index contributed by atoms with van der Waals surface area (Å²) in [6.45, 7) is 2.87. The minimum atomic E-state index is -0.563. The smallest absolute Gasteiger partial charge is 0.248 e. The third-order valence-electron chi connectivity index (χ3n) is 5.86. The minimum Gasteiger partial charge on any atom is -0.342 e. The van der Waals surface area contributed by atoms with Gasteiger partial charge in [-0.1, -0.05) is 39.0 Å². The van der Waals surface area contributed by atoms with Crippen LogP contribution in [0.25, 0.3) is 0 Å². The molecule has 2 amide bonds. The van der Waals surface area contributed by atoms with E-state index < -0.39 is 5.54 Å². The number of hydrogen-bond donors (Lipinski definition) is 1. The third kappa shape index (κ3) is 2.82. The molecular formula is C17H28N2O2. The highest BCUT2D eigenvalue weighted by atomic mass is 16.2. The van der Waals surface area contributed by atoms with E-state index in [1.54, 1.807) is 0 Å². The molecule has 0 bridgehead atoms. The Morgan fingerprint density at radius 2 is 1.95 bits per heavy atom. The molecule has 2 aliphatic carbocycles. The molecule has 0 aromatic heterocycles. The second-order valence-electron chi connectivity index (χ2n) is 7.18. The van der Waals surface area contributed by atoms with E-state index >= 15 is 0 Å². The zero-order valence-electron chi connectivity index (χ0n) is 13.2. The molecule has 21 heavy (non-hydrogen) atoms. The Morgan fingerprint density at radius 3 is 2.67 bits per heavy atom. The summed E-state index contributed by atoms with van der Waals surface area (Å²) < 4.78 is 0. The Labute approximate surface area is 127 Å². The standard InChI is InChI=1S/C17H28N2O2/c1-2-13-6-5-7-14(12-13)19-11-8-15(20)18-17(16(19)21)9-3-4-10-17/h13-14H,2-12H2,1H3,(H,18,20). The van der Waals surface area contributed by atoms with Crippen molar-refractivity contribution in [2.45, 2.75) is 82.7 Å². The number of hydrogen-bond acceptors (Lipinski definition) is 2. The van der Waals surface area contributed by atoms with Gasteiger partial charge in [0.15, 0.2) is 0 Å². The maximum atomic E-state index is 13.1. The van der Waals surface area contributed by atoms with Crippen LogP contribution in [0.15, 0.2) is 0 Å². The molecule has 3 rings (SSSR count). The van der Waals surface area contributed by atoms with E-state index in [1.807, 2.05) is 0 Å². The predicted molar refractivity (Wildman–Crippen MR) is 81.7 cm³/mol. The van der Waals surface area contributed by atoms with E-state index in [4.69, 9.17) is 0 Å². The monoisotopic (exact) mass is 292 g/mol. The summed E-state index contributed by atoms with van der Waals surface area (Å²) >= 11 is 0. The van der Waals surface area contributed by atoms with Gasteiger partial charge in [-0.25, -0.2) is 0 Å². The van der Waals surface area contributed by atoms with E-state index in [-0.39, 0.29) is 11.8 Å². The van der Waals surface area contributed by atoms with Crippen LogP contribution in [0.2, 0.25) is 0 Å². The molecule has 1 saturated heterocycles. The van der Waals surface area contributed by atoms with Gasteiger partial charge in [0.1, 0.15) is 5.54 Å². The van der Waals surface area contributed by atoms with Gasteiger partial charge in [0.2, 0.25) is 11.8 Å². The van der Waals surface area contributed by atoms with E-state index in [0.717, 1.165) is 44.4 Å². The lowest BCUT2D eigenvalue weighted by Crippen LogP contribution is -2.57. The average molecular weight is 292 g/mol. The van der Waals surface area contributed by atoms with Crippen LogP contribution >= 0.6 is 0 Å². The number of nitrogens with one attached hydrogen (secondary N) is 1. The van der Waals surface area contributed by atoms with Crippen molar-refractivity contribution in [3.63, 3.8) is 0 Å². The van der Waals surface area contributed by atoms with Crippen molar-refractivity contribution < 1.29 is 9.59 Å². The maximum absolute atomic E-state index is 13.1. The molecule has 118 valence electrons. The predicted octanol–water partition coefficient (Wildman–Crippen LogP) is 2.62. The molecule has 0 aromatic carbocycles. The van der Waals surface area contributed by atoms with Crippen molar-refractivity contribution in [3.8, 4) is 0 Å². The van der Waals surface area contributed by atoms with Crippen molar-refractivity contribution in [3.05, 3.63) is 0 Å². The first-order valence-corrected chi connectivity index (χ1v) is 8.77. The van der Waals surface area contributed by atoms with E-state index in [9.17, 15) is 9.59 Å². The molecule has 1 spiro atoms. The highest BCUT2D eigenvalue weighted by Crippen LogP contribution is 2.36. The zero-order valence-corrected chi connectivity index (χ0v) is 13.2. The Kier molecular flexibility index (Phi) is 4.23. The van der Waals surface area contributed by atoms with Gasteiger partial charge in [-0.05, 0) is 31.6 Å². The Balaban J connectivity index is 1.80. The summed E-state index contributed by atoms with van der Waals surface area (Å²) in [6, 6.07) is 0.362. The molecule has 4 heteroatoms. The van der Waals surface area contributed by atoms with Gasteiger partial charge in [0.05, 0.1) is 0 Å². The fourth-order valence-corrected chi connectivity index (χ4v) is 4.56. The summed E-state index contributed by atoms with van der Waals surface area (Å²) in [5.41, 5.74) is -0.563. The van der Waals surface area contributed by atoms with Crippen LogP contribution in [0.4, 0.5) is 0 Å². The lowest BCUT2D eigenvalue weighted by Gasteiger charge is -2.40. The van der Waals surface area contributed by atoms with Crippen molar-refractivity contribution in [1.29, 1.82) is 0 Å². The molecule has 0 radical (unpaired) electrons. The molecule has 1 N–H and O–H groups in total. The lowest BCUT2D eigenvalue weighted by atomic mass is 9.82. The fourth-order valence-electron chi connectivity index (χ4n) is 4.56. The first-order chi connectivity index (χ1) is 10.1. The SMILES string of the molecule is CCC1CCCC(N2CCC(=O)NC3(CCCC3)C2=O)C1. The highest BCUT2D eigenvalue weighted by molar-refractivity contribution is 5.94. The van der Waals surface area contributed by atoms with Gasteiger partial charge in [-0.3, -0.25) is 9.59 Å². The largest absolute Gasteiger partial charge is 0.342 e. The van der Waals surface area contributed by atoms with Crippen LogP contribution in [-0.4, -0.2) is 34.8 Å². The fraction of sp³-hybridized carbons (Fsp3) is 0.882. The Hall–Kier alpha value is -1.06. The van der Waals surface area contributed by atoms with Gasteiger partial charge in [0, 0.05) is 19.0 Å². The molecule has 2 atom stereocenters. The zero-order chi connectivity index (χ0) is 14.9. The Bertz CT molecular complexity index is 415. The Morgan fingerprint density at radius 1 is 1.19 bits per heavy atom. The van der Waals surface area contributed by atoms with Crippen LogP contribution in [0, 0.1) is 5.92 Å². The lowest BCUT2D eigenvalue weighted by molar-refractivity contribution is -0.141. The third-order valence-corrected chi connectivity index (χ3v) is 5.86. The normalized spacial score (nSPS) is 33.1. The maximum Gasteiger partial charge on any atom is 0.248 e. The minimum absolute atomic E-state index is 0.0654. The molecule has 0 aromatic rings. The summed E-state index contributed by atoms with van der Waals surface area (Å²) in [4.78, 5) is 27.2. The van der Waals surface area contributed by atoms with Gasteiger partial charge < -0.3 is 10.2 Å². The summed E-state index contributed by atoms with van der Waals surface area (Å²) in [5.74, 6) is 1.03. The number of nitrogens with zero attached hydrogens (tertiary/aromatic N) is 1. The first-order valence-electron chi connectivity index (χ1n) is 8.77. The second-order valence-corrected chi connectivity index (χ2v) is 7.18. The molecule has 3 fully saturated rings. The van der Waals surface area contributed by atoms with Crippen LogP contribution in [-0.2, 0) is 9.59 Å². The van der Waals surface area contributed by atoms with Gasteiger partial charge in [-0.15, -0.1) is 0 Å². The topological polar surface area (TPSA) is 49.4 Å². The summed E-state index contributed by atoms with van der Waals surface area (Å²) in [5, 5.41) is 3.07. The summed E-state index contributed by atoms with van der Waals surface area (Å²) in [7, 11) is 0. The number of rotatable bonds is 2. The van der Waals surface area contributed by atoms with Crippen LogP contribution in [0.3, 0.4) is 0 Å². The van der Waals surface area contributed by atoms with Crippen molar-refractivity contribution >= 4 is 11.8 Å².